The van der Waals surface area contributed by atoms with Crippen LogP contribution >= 0.6 is 11.6 Å². The standard InChI is InChI=1S/C18H19ClF3N5O3/c1-3-12-14(19)27-16(13(26-12)15(23)28)25-9-4-5-10(11(8-9)18(20,21)22)17(29)24-6-7-30-2/h4-5,8H,3,6-7H2,1-2H3,(H2,23,28)(H,24,29)(H,25,27). The van der Waals surface area contributed by atoms with Gasteiger partial charge in [0.1, 0.15) is 0 Å². The number of alkyl halides is 3. The van der Waals surface area contributed by atoms with Crippen molar-refractivity contribution in [2.45, 2.75) is 19.5 Å². The quantitative estimate of drug-likeness (QED) is 0.537. The molecule has 0 aliphatic heterocycles. The molecule has 30 heavy (non-hydrogen) atoms. The molecule has 0 aliphatic carbocycles. The van der Waals surface area contributed by atoms with Gasteiger partial charge in [0.25, 0.3) is 11.8 Å². The van der Waals surface area contributed by atoms with Crippen molar-refractivity contribution < 1.29 is 27.5 Å². The van der Waals surface area contributed by atoms with Crippen molar-refractivity contribution in [3.8, 4) is 0 Å². The number of carbonyl (C=O) groups excluding carboxylic acids is 2. The van der Waals surface area contributed by atoms with E-state index in [-0.39, 0.29) is 35.5 Å². The van der Waals surface area contributed by atoms with Crippen LogP contribution in [-0.2, 0) is 17.3 Å². The number of hydrogen-bond donors (Lipinski definition) is 3. The zero-order valence-corrected chi connectivity index (χ0v) is 16.8. The third-order valence-electron chi connectivity index (χ3n) is 3.91. The lowest BCUT2D eigenvalue weighted by molar-refractivity contribution is -0.137. The fraction of sp³-hybridized carbons (Fsp3) is 0.333. The van der Waals surface area contributed by atoms with E-state index in [1.165, 1.54) is 13.2 Å². The molecule has 0 spiro atoms. The molecule has 0 radical (unpaired) electrons. The normalized spacial score (nSPS) is 11.3. The Labute approximate surface area is 175 Å². The summed E-state index contributed by atoms with van der Waals surface area (Å²) in [5.74, 6) is -2.03. The summed E-state index contributed by atoms with van der Waals surface area (Å²) in [5, 5.41) is 4.89. The number of nitrogens with zero attached hydrogens (tertiary/aromatic N) is 2. The van der Waals surface area contributed by atoms with Crippen molar-refractivity contribution in [1.82, 2.24) is 15.3 Å². The molecule has 0 bridgehead atoms. The van der Waals surface area contributed by atoms with E-state index in [1.807, 2.05) is 0 Å². The van der Waals surface area contributed by atoms with Crippen LogP contribution < -0.4 is 16.4 Å². The van der Waals surface area contributed by atoms with Gasteiger partial charge in [-0.3, -0.25) is 9.59 Å². The molecule has 0 atom stereocenters. The van der Waals surface area contributed by atoms with E-state index in [9.17, 15) is 22.8 Å². The number of primary amides is 1. The highest BCUT2D eigenvalue weighted by Gasteiger charge is 2.35. The first-order valence-corrected chi connectivity index (χ1v) is 9.07. The van der Waals surface area contributed by atoms with Crippen LogP contribution in [0.4, 0.5) is 24.7 Å². The maximum absolute atomic E-state index is 13.5. The number of hydrogen-bond acceptors (Lipinski definition) is 6. The van der Waals surface area contributed by atoms with Crippen molar-refractivity contribution in [2.24, 2.45) is 5.73 Å². The lowest BCUT2D eigenvalue weighted by atomic mass is 10.0. The topological polar surface area (TPSA) is 119 Å². The number of methoxy groups -OCH3 is 1. The van der Waals surface area contributed by atoms with Crippen LogP contribution in [-0.4, -0.2) is 42.0 Å². The number of nitrogens with two attached hydrogens (primary N) is 1. The van der Waals surface area contributed by atoms with Gasteiger partial charge in [-0.15, -0.1) is 0 Å². The molecule has 0 aliphatic rings. The first-order chi connectivity index (χ1) is 14.1. The third kappa shape index (κ3) is 5.57. The van der Waals surface area contributed by atoms with Crippen molar-refractivity contribution in [3.05, 3.63) is 45.9 Å². The van der Waals surface area contributed by atoms with Crippen molar-refractivity contribution >= 4 is 34.9 Å². The Morgan fingerprint density at radius 3 is 2.53 bits per heavy atom. The highest BCUT2D eigenvalue weighted by Crippen LogP contribution is 2.34. The maximum atomic E-state index is 13.5. The molecular formula is C18H19ClF3N5O3. The Morgan fingerprint density at radius 2 is 1.97 bits per heavy atom. The predicted molar refractivity (Wildman–Crippen MR) is 104 cm³/mol. The molecule has 1 aromatic carbocycles. The number of anilines is 2. The Kier molecular flexibility index (Phi) is 7.57. The minimum Gasteiger partial charge on any atom is -0.383 e. The number of aromatic nitrogens is 2. The highest BCUT2D eigenvalue weighted by atomic mass is 35.5. The van der Waals surface area contributed by atoms with Crippen LogP contribution in [0.3, 0.4) is 0 Å². The molecule has 4 N–H and O–H groups in total. The fourth-order valence-corrected chi connectivity index (χ4v) is 2.75. The van der Waals surface area contributed by atoms with E-state index in [1.54, 1.807) is 6.92 Å². The lowest BCUT2D eigenvalue weighted by Crippen LogP contribution is -2.29. The second-order valence-corrected chi connectivity index (χ2v) is 6.37. The number of rotatable bonds is 8. The Morgan fingerprint density at radius 1 is 1.27 bits per heavy atom. The minimum absolute atomic E-state index is 0.0183. The number of carbonyl (C=O) groups is 2. The van der Waals surface area contributed by atoms with Gasteiger partial charge >= 0.3 is 6.18 Å². The molecule has 2 rings (SSSR count). The molecule has 2 aromatic rings. The summed E-state index contributed by atoms with van der Waals surface area (Å²) in [6.45, 7) is 1.93. The van der Waals surface area contributed by atoms with Crippen LogP contribution in [0.25, 0.3) is 0 Å². The largest absolute Gasteiger partial charge is 0.417 e. The summed E-state index contributed by atoms with van der Waals surface area (Å²) in [6.07, 6.45) is -4.44. The number of amides is 2. The van der Waals surface area contributed by atoms with Gasteiger partial charge in [0, 0.05) is 19.3 Å². The van der Waals surface area contributed by atoms with Gasteiger partial charge in [0.15, 0.2) is 16.7 Å². The third-order valence-corrected chi connectivity index (χ3v) is 4.21. The molecule has 0 unspecified atom stereocenters. The maximum Gasteiger partial charge on any atom is 0.417 e. The number of benzene rings is 1. The van der Waals surface area contributed by atoms with E-state index in [0.717, 1.165) is 12.1 Å². The first kappa shape index (κ1) is 23.4. The Balaban J connectivity index is 2.44. The van der Waals surface area contributed by atoms with Crippen LogP contribution in [0.1, 0.15) is 39.0 Å². The number of aryl methyl sites for hydroxylation is 1. The minimum atomic E-state index is -4.81. The number of halogens is 4. The molecule has 8 nitrogen and oxygen atoms in total. The second-order valence-electron chi connectivity index (χ2n) is 6.01. The molecule has 0 saturated carbocycles. The van der Waals surface area contributed by atoms with Gasteiger partial charge in [-0.2, -0.15) is 13.2 Å². The SMILES string of the molecule is CCc1nc(C(N)=O)c(Nc2ccc(C(=O)NCCOC)c(C(F)(F)F)c2)nc1Cl. The van der Waals surface area contributed by atoms with Crippen molar-refractivity contribution in [3.63, 3.8) is 0 Å². The number of nitrogens with one attached hydrogen (secondary N) is 2. The summed E-state index contributed by atoms with van der Waals surface area (Å²) < 4.78 is 45.4. The summed E-state index contributed by atoms with van der Waals surface area (Å²) >= 11 is 5.99. The van der Waals surface area contributed by atoms with E-state index in [4.69, 9.17) is 22.1 Å². The average molecular weight is 446 g/mol. The van der Waals surface area contributed by atoms with Crippen LogP contribution in [0, 0.1) is 0 Å². The second kappa shape index (κ2) is 9.72. The number of ether oxygens (including phenoxy) is 1. The van der Waals surface area contributed by atoms with Crippen LogP contribution in [0.15, 0.2) is 18.2 Å². The van der Waals surface area contributed by atoms with E-state index < -0.39 is 29.1 Å². The van der Waals surface area contributed by atoms with Gasteiger partial charge in [-0.05, 0) is 24.6 Å². The van der Waals surface area contributed by atoms with Crippen LogP contribution in [0.5, 0.6) is 0 Å². The molecule has 2 amide bonds. The van der Waals surface area contributed by atoms with E-state index in [2.05, 4.69) is 20.6 Å². The predicted octanol–water partition coefficient (Wildman–Crippen LogP) is 2.93. The summed E-state index contributed by atoms with van der Waals surface area (Å²) in [6, 6.07) is 2.96. The van der Waals surface area contributed by atoms with E-state index in [0.29, 0.717) is 12.1 Å². The zero-order chi connectivity index (χ0) is 22.5. The van der Waals surface area contributed by atoms with Gasteiger partial charge in [-0.1, -0.05) is 18.5 Å². The summed E-state index contributed by atoms with van der Waals surface area (Å²) in [5.41, 5.74) is 3.51. The molecule has 1 heterocycles. The van der Waals surface area contributed by atoms with Gasteiger partial charge < -0.3 is 21.1 Å². The monoisotopic (exact) mass is 445 g/mol. The molecule has 0 saturated heterocycles. The fourth-order valence-electron chi connectivity index (χ4n) is 2.49. The van der Waals surface area contributed by atoms with Gasteiger partial charge in [-0.25, -0.2) is 9.97 Å². The first-order valence-electron chi connectivity index (χ1n) is 8.70. The summed E-state index contributed by atoms with van der Waals surface area (Å²) in [4.78, 5) is 31.8. The Bertz CT molecular complexity index is 953. The van der Waals surface area contributed by atoms with Crippen LogP contribution in [0.2, 0.25) is 5.15 Å². The van der Waals surface area contributed by atoms with Crippen molar-refractivity contribution in [2.75, 3.05) is 25.6 Å². The van der Waals surface area contributed by atoms with Gasteiger partial charge in [0.2, 0.25) is 0 Å². The molecular weight excluding hydrogens is 427 g/mol. The molecule has 12 heteroatoms. The average Bonchev–Trinajstić information content (AvgIpc) is 2.67. The zero-order valence-electron chi connectivity index (χ0n) is 16.1. The molecule has 1 aromatic heterocycles. The molecule has 0 fully saturated rings. The van der Waals surface area contributed by atoms with E-state index >= 15 is 0 Å². The summed E-state index contributed by atoms with van der Waals surface area (Å²) in [7, 11) is 1.40. The Hall–Kier alpha value is -2.92. The lowest BCUT2D eigenvalue weighted by Gasteiger charge is -2.16. The smallest absolute Gasteiger partial charge is 0.383 e. The van der Waals surface area contributed by atoms with Gasteiger partial charge in [0.05, 0.1) is 23.4 Å². The highest BCUT2D eigenvalue weighted by molar-refractivity contribution is 6.30. The van der Waals surface area contributed by atoms with Crippen molar-refractivity contribution in [1.29, 1.82) is 0 Å². The molecule has 162 valence electrons.